The topological polar surface area (TPSA) is 54.9 Å². The van der Waals surface area contributed by atoms with Crippen molar-refractivity contribution in [3.8, 4) is 0 Å². The molecule has 0 aromatic carbocycles. The number of anilines is 1. The average molecular weight is 186 g/mol. The predicted molar refractivity (Wildman–Crippen MR) is 45.9 cm³/mol. The number of hydrogen-bond acceptors (Lipinski definition) is 3. The molecule has 1 aromatic rings. The molecule has 0 fully saturated rings. The summed E-state index contributed by atoms with van der Waals surface area (Å²) in [7, 11) is 0. The first kappa shape index (κ1) is 8.93. The monoisotopic (exact) mass is 185 g/mol. The Morgan fingerprint density at radius 2 is 2.50 bits per heavy atom. The van der Waals surface area contributed by atoms with E-state index in [1.807, 2.05) is 0 Å². The van der Waals surface area contributed by atoms with E-state index in [0.717, 1.165) is 0 Å². The molecule has 64 valence electrons. The molecule has 4 nitrogen and oxygen atoms in total. The van der Waals surface area contributed by atoms with E-state index in [9.17, 15) is 4.79 Å². The number of aromatic nitrogens is 2. The average Bonchev–Trinajstić information content (AvgIpc) is 2.03. The third kappa shape index (κ3) is 2.47. The van der Waals surface area contributed by atoms with Gasteiger partial charge in [-0.25, -0.2) is 9.97 Å². The van der Waals surface area contributed by atoms with Crippen molar-refractivity contribution in [2.75, 3.05) is 5.32 Å². The van der Waals surface area contributed by atoms with Crippen LogP contribution >= 0.6 is 11.6 Å². The van der Waals surface area contributed by atoms with Crippen LogP contribution in [-0.4, -0.2) is 15.9 Å². The highest BCUT2D eigenvalue weighted by molar-refractivity contribution is 6.16. The minimum Gasteiger partial charge on any atom is -0.295 e. The van der Waals surface area contributed by atoms with Gasteiger partial charge in [0.2, 0.25) is 11.9 Å². The van der Waals surface area contributed by atoms with Gasteiger partial charge in [0.15, 0.2) is 0 Å². The molecule has 0 saturated carbocycles. The third-order valence-corrected chi connectivity index (χ3v) is 1.41. The molecule has 0 atom stereocenters. The highest BCUT2D eigenvalue weighted by atomic mass is 35.5. The first-order valence-electron chi connectivity index (χ1n) is 3.38. The second-order valence-corrected chi connectivity index (χ2v) is 2.45. The first-order valence-corrected chi connectivity index (χ1v) is 3.91. The summed E-state index contributed by atoms with van der Waals surface area (Å²) in [6.45, 7) is 1.40. The lowest BCUT2D eigenvalue weighted by Crippen LogP contribution is -2.09. The molecular weight excluding hydrogens is 178 g/mol. The highest BCUT2D eigenvalue weighted by Gasteiger charge is 1.98. The molecule has 1 heterocycles. The number of nitrogens with zero attached hydrogens (tertiary/aromatic N) is 2. The maximum atomic E-state index is 10.6. The standard InChI is InChI=1S/C7H8ClN3O/c1-5(12)10-7-9-3-2-6(4-8)11-7/h2-3H,4H2,1H3,(H,9,10,11,12). The molecule has 0 aliphatic rings. The molecule has 1 amide bonds. The summed E-state index contributed by atoms with van der Waals surface area (Å²) in [4.78, 5) is 18.4. The van der Waals surface area contributed by atoms with Gasteiger partial charge in [0.05, 0.1) is 11.6 Å². The summed E-state index contributed by atoms with van der Waals surface area (Å²) in [6, 6.07) is 1.69. The molecule has 12 heavy (non-hydrogen) atoms. The molecule has 0 unspecified atom stereocenters. The van der Waals surface area contributed by atoms with E-state index in [-0.39, 0.29) is 5.91 Å². The third-order valence-electron chi connectivity index (χ3n) is 1.14. The van der Waals surface area contributed by atoms with E-state index in [0.29, 0.717) is 17.5 Å². The Morgan fingerprint density at radius 1 is 1.75 bits per heavy atom. The van der Waals surface area contributed by atoms with Gasteiger partial charge in [-0.3, -0.25) is 10.1 Å². The van der Waals surface area contributed by atoms with E-state index in [1.165, 1.54) is 6.92 Å². The van der Waals surface area contributed by atoms with Gasteiger partial charge in [-0.1, -0.05) is 0 Å². The lowest BCUT2D eigenvalue weighted by molar-refractivity contribution is -0.114. The van der Waals surface area contributed by atoms with Crippen LogP contribution in [-0.2, 0) is 10.7 Å². The molecule has 0 radical (unpaired) electrons. The number of halogens is 1. The molecule has 0 aliphatic heterocycles. The summed E-state index contributed by atoms with van der Waals surface area (Å²) in [6.07, 6.45) is 1.55. The summed E-state index contributed by atoms with van der Waals surface area (Å²) in [5.41, 5.74) is 0.690. The fourth-order valence-corrected chi connectivity index (χ4v) is 0.837. The molecular formula is C7H8ClN3O. The zero-order valence-corrected chi connectivity index (χ0v) is 7.30. The van der Waals surface area contributed by atoms with E-state index < -0.39 is 0 Å². The van der Waals surface area contributed by atoms with E-state index in [1.54, 1.807) is 12.3 Å². The summed E-state index contributed by atoms with van der Waals surface area (Å²) < 4.78 is 0. The number of hydrogen-bond donors (Lipinski definition) is 1. The number of amides is 1. The van der Waals surface area contributed by atoms with E-state index in [2.05, 4.69) is 15.3 Å². The second kappa shape index (κ2) is 4.01. The van der Waals surface area contributed by atoms with E-state index >= 15 is 0 Å². The maximum absolute atomic E-state index is 10.6. The van der Waals surface area contributed by atoms with Gasteiger partial charge in [0.1, 0.15) is 0 Å². The van der Waals surface area contributed by atoms with Crippen LogP contribution in [0.3, 0.4) is 0 Å². The largest absolute Gasteiger partial charge is 0.295 e. The Balaban J connectivity index is 2.79. The van der Waals surface area contributed by atoms with Crippen molar-refractivity contribution in [2.45, 2.75) is 12.8 Å². The van der Waals surface area contributed by atoms with Crippen LogP contribution in [0.15, 0.2) is 12.3 Å². The zero-order valence-electron chi connectivity index (χ0n) is 6.54. The lowest BCUT2D eigenvalue weighted by atomic mass is 10.4. The minimum atomic E-state index is -0.193. The normalized spacial score (nSPS) is 9.50. The van der Waals surface area contributed by atoms with Gasteiger partial charge >= 0.3 is 0 Å². The van der Waals surface area contributed by atoms with Gasteiger partial charge in [-0.2, -0.15) is 0 Å². The predicted octanol–water partition coefficient (Wildman–Crippen LogP) is 1.17. The van der Waals surface area contributed by atoms with Crippen LogP contribution in [0.2, 0.25) is 0 Å². The molecule has 0 spiro atoms. The Hall–Kier alpha value is -1.16. The van der Waals surface area contributed by atoms with Gasteiger partial charge in [0, 0.05) is 13.1 Å². The summed E-state index contributed by atoms with van der Waals surface area (Å²) in [5.74, 6) is 0.414. The number of carbonyl (C=O) groups excluding carboxylic acids is 1. The fraction of sp³-hybridized carbons (Fsp3) is 0.286. The van der Waals surface area contributed by atoms with Crippen molar-refractivity contribution in [2.24, 2.45) is 0 Å². The molecule has 5 heteroatoms. The zero-order chi connectivity index (χ0) is 8.97. The second-order valence-electron chi connectivity index (χ2n) is 2.19. The van der Waals surface area contributed by atoms with Gasteiger partial charge in [0.25, 0.3) is 0 Å². The van der Waals surface area contributed by atoms with Gasteiger partial charge < -0.3 is 0 Å². The van der Waals surface area contributed by atoms with Crippen molar-refractivity contribution in [3.05, 3.63) is 18.0 Å². The molecule has 1 N–H and O–H groups in total. The summed E-state index contributed by atoms with van der Waals surface area (Å²) in [5, 5.41) is 2.46. The number of nitrogens with one attached hydrogen (secondary N) is 1. The van der Waals surface area contributed by atoms with Crippen LogP contribution in [0.25, 0.3) is 0 Å². The molecule has 1 aromatic heterocycles. The maximum Gasteiger partial charge on any atom is 0.229 e. The smallest absolute Gasteiger partial charge is 0.229 e. The number of alkyl halides is 1. The number of rotatable bonds is 2. The van der Waals surface area contributed by atoms with Crippen molar-refractivity contribution < 1.29 is 4.79 Å². The van der Waals surface area contributed by atoms with Crippen molar-refractivity contribution in [1.82, 2.24) is 9.97 Å². The molecule has 0 aliphatic carbocycles. The van der Waals surface area contributed by atoms with Crippen LogP contribution < -0.4 is 5.32 Å². The van der Waals surface area contributed by atoms with Gasteiger partial charge in [-0.05, 0) is 6.07 Å². The Bertz CT molecular complexity index is 290. The molecule has 0 saturated heterocycles. The van der Waals surface area contributed by atoms with Gasteiger partial charge in [-0.15, -0.1) is 11.6 Å². The molecule has 0 bridgehead atoms. The van der Waals surface area contributed by atoms with E-state index in [4.69, 9.17) is 11.6 Å². The van der Waals surface area contributed by atoms with Crippen LogP contribution in [0, 0.1) is 0 Å². The van der Waals surface area contributed by atoms with Crippen molar-refractivity contribution in [1.29, 1.82) is 0 Å². The van der Waals surface area contributed by atoms with Crippen molar-refractivity contribution in [3.63, 3.8) is 0 Å². The summed E-state index contributed by atoms with van der Waals surface area (Å²) >= 11 is 5.53. The van der Waals surface area contributed by atoms with Crippen molar-refractivity contribution >= 4 is 23.5 Å². The minimum absolute atomic E-state index is 0.193. The number of carbonyl (C=O) groups is 1. The quantitative estimate of drug-likeness (QED) is 0.704. The van der Waals surface area contributed by atoms with Crippen LogP contribution in [0.1, 0.15) is 12.6 Å². The SMILES string of the molecule is CC(=O)Nc1nccc(CCl)n1. The Labute approximate surface area is 75.0 Å². The van der Waals surface area contributed by atoms with Crippen LogP contribution in [0.4, 0.5) is 5.95 Å². The Kier molecular flexibility index (Phi) is 2.99. The lowest BCUT2D eigenvalue weighted by Gasteiger charge is -1.99. The molecule has 1 rings (SSSR count). The first-order chi connectivity index (χ1) is 5.72. The fourth-order valence-electron chi connectivity index (χ4n) is 0.688. The van der Waals surface area contributed by atoms with Crippen LogP contribution in [0.5, 0.6) is 0 Å². The Morgan fingerprint density at radius 3 is 3.08 bits per heavy atom. The highest BCUT2D eigenvalue weighted by Crippen LogP contribution is 2.02.